The number of pyridine rings is 1. The summed E-state index contributed by atoms with van der Waals surface area (Å²) >= 11 is 6.27. The van der Waals surface area contributed by atoms with Crippen LogP contribution in [-0.4, -0.2) is 17.0 Å². The van der Waals surface area contributed by atoms with Crippen molar-refractivity contribution in [3.63, 3.8) is 0 Å². The predicted octanol–water partition coefficient (Wildman–Crippen LogP) is 3.36. The van der Waals surface area contributed by atoms with Crippen molar-refractivity contribution < 1.29 is 4.74 Å². The molecular weight excluding hydrogens is 210 g/mol. The highest BCUT2D eigenvalue weighted by Crippen LogP contribution is 2.38. The van der Waals surface area contributed by atoms with Gasteiger partial charge in [-0.05, 0) is 31.4 Å². The molecule has 1 saturated carbocycles. The fourth-order valence-electron chi connectivity index (χ4n) is 2.17. The van der Waals surface area contributed by atoms with Gasteiger partial charge >= 0.3 is 0 Å². The van der Waals surface area contributed by atoms with Crippen molar-refractivity contribution in [3.05, 3.63) is 24.0 Å². The van der Waals surface area contributed by atoms with Gasteiger partial charge in [0.25, 0.3) is 0 Å². The molecule has 2 unspecified atom stereocenters. The summed E-state index contributed by atoms with van der Waals surface area (Å²) < 4.78 is 5.44. The summed E-state index contributed by atoms with van der Waals surface area (Å²) in [7, 11) is 0. The van der Waals surface area contributed by atoms with Crippen molar-refractivity contribution in [3.8, 4) is 5.75 Å². The van der Waals surface area contributed by atoms with Crippen LogP contribution in [0.5, 0.6) is 5.75 Å². The summed E-state index contributed by atoms with van der Waals surface area (Å²) in [4.78, 5) is 4.20. The normalized spacial score (nSPS) is 25.5. The first-order chi connectivity index (χ1) is 7.31. The number of nitrogens with zero attached hydrogens (tertiary/aromatic N) is 1. The second-order valence-corrected chi connectivity index (χ2v) is 4.50. The third-order valence-electron chi connectivity index (χ3n) is 2.91. The molecular formula is C12H16ClNO. The highest BCUT2D eigenvalue weighted by atomic mass is 35.5. The molecule has 0 N–H and O–H groups in total. The Morgan fingerprint density at radius 1 is 1.47 bits per heavy atom. The Hall–Kier alpha value is -0.760. The Morgan fingerprint density at radius 3 is 3.00 bits per heavy atom. The smallest absolute Gasteiger partial charge is 0.137 e. The van der Waals surface area contributed by atoms with Crippen LogP contribution in [0, 0.1) is 0 Å². The van der Waals surface area contributed by atoms with Crippen molar-refractivity contribution in [1.82, 2.24) is 4.98 Å². The van der Waals surface area contributed by atoms with E-state index in [2.05, 4.69) is 11.1 Å². The van der Waals surface area contributed by atoms with Crippen LogP contribution >= 0.6 is 11.6 Å². The molecule has 1 aromatic heterocycles. The van der Waals surface area contributed by atoms with Crippen molar-refractivity contribution in [2.45, 2.75) is 37.5 Å². The Labute approximate surface area is 95.6 Å². The van der Waals surface area contributed by atoms with Crippen molar-refractivity contribution in [1.29, 1.82) is 0 Å². The Balaban J connectivity index is 2.16. The van der Waals surface area contributed by atoms with Crippen molar-refractivity contribution >= 4 is 11.6 Å². The van der Waals surface area contributed by atoms with Gasteiger partial charge in [-0.2, -0.15) is 0 Å². The monoisotopic (exact) mass is 225 g/mol. The minimum absolute atomic E-state index is 0.267. The molecule has 2 atom stereocenters. The average Bonchev–Trinajstić information content (AvgIpc) is 2.65. The van der Waals surface area contributed by atoms with Crippen LogP contribution in [0.2, 0.25) is 0 Å². The maximum atomic E-state index is 6.27. The molecule has 3 heteroatoms. The highest BCUT2D eigenvalue weighted by Gasteiger charge is 2.27. The van der Waals surface area contributed by atoms with E-state index in [1.165, 1.54) is 18.4 Å². The molecule has 0 aromatic carbocycles. The topological polar surface area (TPSA) is 22.1 Å². The van der Waals surface area contributed by atoms with Gasteiger partial charge in [-0.3, -0.25) is 4.98 Å². The van der Waals surface area contributed by atoms with E-state index in [0.29, 0.717) is 12.5 Å². The molecule has 0 spiro atoms. The maximum Gasteiger partial charge on any atom is 0.137 e. The van der Waals surface area contributed by atoms with Gasteiger partial charge in [0.2, 0.25) is 0 Å². The molecule has 0 radical (unpaired) electrons. The molecule has 0 saturated heterocycles. The third kappa shape index (κ3) is 2.43. The van der Waals surface area contributed by atoms with Crippen LogP contribution in [0.25, 0.3) is 0 Å². The number of halogens is 1. The summed E-state index contributed by atoms with van der Waals surface area (Å²) in [5.41, 5.74) is 1.22. The molecule has 1 fully saturated rings. The van der Waals surface area contributed by atoms with Gasteiger partial charge in [0.05, 0.1) is 12.8 Å². The number of alkyl halides is 1. The largest absolute Gasteiger partial charge is 0.492 e. The van der Waals surface area contributed by atoms with E-state index in [1.807, 2.05) is 13.1 Å². The van der Waals surface area contributed by atoms with Gasteiger partial charge in [-0.1, -0.05) is 6.42 Å². The quantitative estimate of drug-likeness (QED) is 0.736. The SMILES string of the molecule is CCOc1cncc(C2CCCC2Cl)c1. The third-order valence-corrected chi connectivity index (χ3v) is 3.43. The van der Waals surface area contributed by atoms with Crippen LogP contribution in [0.3, 0.4) is 0 Å². The number of ether oxygens (including phenoxy) is 1. The Kier molecular flexibility index (Phi) is 3.47. The van der Waals surface area contributed by atoms with E-state index >= 15 is 0 Å². The first-order valence-corrected chi connectivity index (χ1v) is 5.96. The number of rotatable bonds is 3. The summed E-state index contributed by atoms with van der Waals surface area (Å²) in [5, 5.41) is 0.267. The van der Waals surface area contributed by atoms with Crippen molar-refractivity contribution in [2.75, 3.05) is 6.61 Å². The first kappa shape index (κ1) is 10.7. The molecule has 2 rings (SSSR count). The lowest BCUT2D eigenvalue weighted by atomic mass is 9.99. The Morgan fingerprint density at radius 2 is 2.33 bits per heavy atom. The molecule has 2 nitrogen and oxygen atoms in total. The molecule has 0 bridgehead atoms. The van der Waals surface area contributed by atoms with Crippen molar-refractivity contribution in [2.24, 2.45) is 0 Å². The molecule has 0 aliphatic heterocycles. The van der Waals surface area contributed by atoms with E-state index < -0.39 is 0 Å². The fraction of sp³-hybridized carbons (Fsp3) is 0.583. The van der Waals surface area contributed by atoms with Gasteiger partial charge in [-0.15, -0.1) is 11.6 Å². The molecule has 1 aromatic rings. The molecule has 1 aliphatic carbocycles. The van der Waals surface area contributed by atoms with Gasteiger partial charge in [-0.25, -0.2) is 0 Å². The zero-order chi connectivity index (χ0) is 10.7. The molecule has 0 amide bonds. The lowest BCUT2D eigenvalue weighted by Crippen LogP contribution is -2.05. The lowest BCUT2D eigenvalue weighted by Gasteiger charge is -2.14. The van der Waals surface area contributed by atoms with Crippen LogP contribution in [0.1, 0.15) is 37.7 Å². The van der Waals surface area contributed by atoms with Crippen LogP contribution < -0.4 is 4.74 Å². The van der Waals surface area contributed by atoms with Gasteiger partial charge in [0, 0.05) is 17.5 Å². The van der Waals surface area contributed by atoms with E-state index in [4.69, 9.17) is 16.3 Å². The average molecular weight is 226 g/mol. The predicted molar refractivity (Wildman–Crippen MR) is 61.6 cm³/mol. The van der Waals surface area contributed by atoms with Crippen LogP contribution in [-0.2, 0) is 0 Å². The minimum Gasteiger partial charge on any atom is -0.492 e. The highest BCUT2D eigenvalue weighted by molar-refractivity contribution is 6.21. The van der Waals surface area contributed by atoms with Crippen LogP contribution in [0.15, 0.2) is 18.5 Å². The minimum atomic E-state index is 0.267. The zero-order valence-corrected chi connectivity index (χ0v) is 9.70. The second-order valence-electron chi connectivity index (χ2n) is 3.94. The van der Waals surface area contributed by atoms with Gasteiger partial charge in [0.15, 0.2) is 0 Å². The number of aromatic nitrogens is 1. The molecule has 1 heterocycles. The van der Waals surface area contributed by atoms with Gasteiger partial charge in [0.1, 0.15) is 5.75 Å². The standard InChI is InChI=1S/C12H16ClNO/c1-2-15-10-6-9(7-14-8-10)11-4-3-5-12(11)13/h6-8,11-12H,2-5H2,1H3. The summed E-state index contributed by atoms with van der Waals surface area (Å²) in [6, 6.07) is 2.07. The van der Waals surface area contributed by atoms with Gasteiger partial charge < -0.3 is 4.74 Å². The second kappa shape index (κ2) is 4.84. The maximum absolute atomic E-state index is 6.27. The fourth-order valence-corrected chi connectivity index (χ4v) is 2.60. The molecule has 82 valence electrons. The molecule has 1 aliphatic rings. The summed E-state index contributed by atoms with van der Waals surface area (Å²) in [6.45, 7) is 2.66. The number of hydrogen-bond acceptors (Lipinski definition) is 2. The summed E-state index contributed by atoms with van der Waals surface area (Å²) in [5.74, 6) is 1.31. The summed E-state index contributed by atoms with van der Waals surface area (Å²) in [6.07, 6.45) is 7.17. The van der Waals surface area contributed by atoms with E-state index in [-0.39, 0.29) is 5.38 Å². The zero-order valence-electron chi connectivity index (χ0n) is 8.95. The number of hydrogen-bond donors (Lipinski definition) is 0. The van der Waals surface area contributed by atoms with E-state index in [9.17, 15) is 0 Å². The van der Waals surface area contributed by atoms with E-state index in [1.54, 1.807) is 6.20 Å². The lowest BCUT2D eigenvalue weighted by molar-refractivity contribution is 0.338. The Bertz CT molecular complexity index is 329. The van der Waals surface area contributed by atoms with Crippen LogP contribution in [0.4, 0.5) is 0 Å². The first-order valence-electron chi connectivity index (χ1n) is 5.53. The van der Waals surface area contributed by atoms with E-state index in [0.717, 1.165) is 12.2 Å². The molecule has 15 heavy (non-hydrogen) atoms.